The van der Waals surface area contributed by atoms with Crippen molar-refractivity contribution in [3.63, 3.8) is 0 Å². The lowest BCUT2D eigenvalue weighted by Gasteiger charge is -2.15. The fourth-order valence-corrected chi connectivity index (χ4v) is 1.78. The molecule has 0 aliphatic carbocycles. The third-order valence-corrected chi connectivity index (χ3v) is 2.53. The predicted molar refractivity (Wildman–Crippen MR) is 54.7 cm³/mol. The second-order valence-corrected chi connectivity index (χ2v) is 3.78. The lowest BCUT2D eigenvalue weighted by atomic mass is 10.1. The molecule has 2 N–H and O–H groups in total. The zero-order valence-electron chi connectivity index (χ0n) is 9.06. The van der Waals surface area contributed by atoms with Gasteiger partial charge in [-0.05, 0) is 12.8 Å². The van der Waals surface area contributed by atoms with E-state index in [-0.39, 0.29) is 5.82 Å². The molecule has 1 aromatic rings. The molecule has 17 heavy (non-hydrogen) atoms. The molecule has 0 unspecified atom stereocenters. The molecule has 94 valence electrons. The normalized spacial score (nSPS) is 15.1. The topological polar surface area (TPSA) is 59.0 Å². The van der Waals surface area contributed by atoms with Crippen molar-refractivity contribution < 1.29 is 18.0 Å². The average molecular weight is 248 g/mol. The number of fused-ring (bicyclic) bond motifs is 1. The highest BCUT2D eigenvalue weighted by atomic mass is 19.4. The van der Waals surface area contributed by atoms with Crippen LogP contribution in [0.4, 0.5) is 24.8 Å². The minimum atomic E-state index is -4.90. The standard InChI is InChI=1S/C9H11F3N4O/c1-16-7-5(3-2-4-13-7)6(15-16)14-8(17)9(10,11)12/h13H,2-4H2,1H3,(H,14,15,17). The maximum absolute atomic E-state index is 12.1. The molecule has 8 heteroatoms. The van der Waals surface area contributed by atoms with Gasteiger partial charge >= 0.3 is 12.1 Å². The number of rotatable bonds is 1. The fourth-order valence-electron chi connectivity index (χ4n) is 1.78. The molecule has 0 radical (unpaired) electrons. The van der Waals surface area contributed by atoms with Crippen LogP contribution in [-0.2, 0) is 18.3 Å². The Morgan fingerprint density at radius 1 is 1.53 bits per heavy atom. The highest BCUT2D eigenvalue weighted by Crippen LogP contribution is 2.29. The lowest BCUT2D eigenvalue weighted by molar-refractivity contribution is -0.167. The van der Waals surface area contributed by atoms with Crippen molar-refractivity contribution in [3.05, 3.63) is 5.56 Å². The first kappa shape index (κ1) is 11.7. The minimum Gasteiger partial charge on any atom is -0.370 e. The molecule has 0 saturated carbocycles. The summed E-state index contributed by atoms with van der Waals surface area (Å²) in [6, 6.07) is 0. The van der Waals surface area contributed by atoms with Crippen molar-refractivity contribution in [3.8, 4) is 0 Å². The molecule has 2 heterocycles. The third-order valence-electron chi connectivity index (χ3n) is 2.53. The highest BCUT2D eigenvalue weighted by Gasteiger charge is 2.39. The third kappa shape index (κ3) is 2.20. The summed E-state index contributed by atoms with van der Waals surface area (Å²) in [4.78, 5) is 10.8. The van der Waals surface area contributed by atoms with E-state index < -0.39 is 12.1 Å². The van der Waals surface area contributed by atoms with Crippen molar-refractivity contribution in [2.24, 2.45) is 7.05 Å². The number of aromatic nitrogens is 2. The molecule has 0 bridgehead atoms. The van der Waals surface area contributed by atoms with Gasteiger partial charge in [0.2, 0.25) is 0 Å². The molecule has 1 aliphatic rings. The Hall–Kier alpha value is -1.73. The average Bonchev–Trinajstić information content (AvgIpc) is 2.56. The van der Waals surface area contributed by atoms with Crippen LogP contribution in [0.15, 0.2) is 0 Å². The summed E-state index contributed by atoms with van der Waals surface area (Å²) in [6.45, 7) is 0.749. The summed E-state index contributed by atoms with van der Waals surface area (Å²) in [5.41, 5.74) is 0.622. The monoisotopic (exact) mass is 248 g/mol. The smallest absolute Gasteiger partial charge is 0.370 e. The number of hydrogen-bond acceptors (Lipinski definition) is 3. The van der Waals surface area contributed by atoms with Crippen LogP contribution in [0, 0.1) is 0 Å². The van der Waals surface area contributed by atoms with Gasteiger partial charge in [-0.1, -0.05) is 0 Å². The fraction of sp³-hybridized carbons (Fsp3) is 0.556. The van der Waals surface area contributed by atoms with E-state index in [9.17, 15) is 18.0 Å². The van der Waals surface area contributed by atoms with Crippen LogP contribution in [-0.4, -0.2) is 28.4 Å². The Morgan fingerprint density at radius 3 is 2.88 bits per heavy atom. The van der Waals surface area contributed by atoms with E-state index in [4.69, 9.17) is 0 Å². The molecular formula is C9H11F3N4O. The van der Waals surface area contributed by atoms with E-state index in [0.29, 0.717) is 17.8 Å². The number of hydrogen-bond donors (Lipinski definition) is 2. The molecule has 0 saturated heterocycles. The Kier molecular flexibility index (Phi) is 2.72. The number of halogens is 3. The van der Waals surface area contributed by atoms with Crippen LogP contribution >= 0.6 is 0 Å². The zero-order chi connectivity index (χ0) is 12.6. The maximum Gasteiger partial charge on any atom is 0.471 e. The number of nitrogens with one attached hydrogen (secondary N) is 2. The largest absolute Gasteiger partial charge is 0.471 e. The number of nitrogens with zero attached hydrogens (tertiary/aromatic N) is 2. The molecule has 2 rings (SSSR count). The predicted octanol–water partition coefficient (Wildman–Crippen LogP) is 1.28. The van der Waals surface area contributed by atoms with E-state index in [0.717, 1.165) is 13.0 Å². The van der Waals surface area contributed by atoms with Gasteiger partial charge in [-0.15, -0.1) is 0 Å². The van der Waals surface area contributed by atoms with Gasteiger partial charge in [-0.25, -0.2) is 0 Å². The highest BCUT2D eigenvalue weighted by molar-refractivity contribution is 5.95. The second kappa shape index (κ2) is 3.94. The SMILES string of the molecule is Cn1nc(NC(=O)C(F)(F)F)c2c1NCCC2. The quantitative estimate of drug-likeness (QED) is 0.787. The van der Waals surface area contributed by atoms with Crippen LogP contribution in [0.2, 0.25) is 0 Å². The summed E-state index contributed by atoms with van der Waals surface area (Å²) >= 11 is 0. The molecule has 1 aliphatic heterocycles. The molecule has 0 spiro atoms. The number of aryl methyl sites for hydroxylation is 1. The van der Waals surface area contributed by atoms with Gasteiger partial charge < -0.3 is 10.6 Å². The first-order valence-electron chi connectivity index (χ1n) is 5.07. The summed E-state index contributed by atoms with van der Waals surface area (Å²) in [5.74, 6) is -1.35. The van der Waals surface area contributed by atoms with E-state index in [1.54, 1.807) is 12.4 Å². The van der Waals surface area contributed by atoms with Crippen LogP contribution in [0.5, 0.6) is 0 Å². The second-order valence-electron chi connectivity index (χ2n) is 3.78. The van der Waals surface area contributed by atoms with Crippen molar-refractivity contribution >= 4 is 17.5 Å². The van der Waals surface area contributed by atoms with E-state index in [1.165, 1.54) is 4.68 Å². The van der Waals surface area contributed by atoms with Gasteiger partial charge in [0.15, 0.2) is 5.82 Å². The van der Waals surface area contributed by atoms with Gasteiger partial charge in [0, 0.05) is 19.2 Å². The van der Waals surface area contributed by atoms with Crippen LogP contribution in [0.1, 0.15) is 12.0 Å². The molecular weight excluding hydrogens is 237 g/mol. The first-order valence-corrected chi connectivity index (χ1v) is 5.07. The summed E-state index contributed by atoms with van der Waals surface area (Å²) in [6.07, 6.45) is -3.50. The van der Waals surface area contributed by atoms with Gasteiger partial charge in [0.05, 0.1) is 0 Å². The van der Waals surface area contributed by atoms with Crippen molar-refractivity contribution in [1.82, 2.24) is 9.78 Å². The van der Waals surface area contributed by atoms with Crippen molar-refractivity contribution in [2.45, 2.75) is 19.0 Å². The Bertz CT molecular complexity index is 452. The van der Waals surface area contributed by atoms with Gasteiger partial charge in [0.1, 0.15) is 5.82 Å². The molecule has 1 amide bonds. The number of amides is 1. The Balaban J connectivity index is 2.25. The molecule has 0 fully saturated rings. The number of carbonyl (C=O) groups excluding carboxylic acids is 1. The number of carbonyl (C=O) groups is 1. The van der Waals surface area contributed by atoms with E-state index >= 15 is 0 Å². The van der Waals surface area contributed by atoms with E-state index in [1.807, 2.05) is 0 Å². The summed E-state index contributed by atoms with van der Waals surface area (Å²) in [5, 5.41) is 8.69. The first-order chi connectivity index (χ1) is 7.89. The molecule has 1 aromatic heterocycles. The molecule has 0 atom stereocenters. The number of alkyl halides is 3. The molecule has 5 nitrogen and oxygen atoms in total. The van der Waals surface area contributed by atoms with Crippen molar-refractivity contribution in [1.29, 1.82) is 0 Å². The van der Waals surface area contributed by atoms with Gasteiger partial charge in [0.25, 0.3) is 0 Å². The summed E-state index contributed by atoms with van der Waals surface area (Å²) < 4.78 is 37.8. The molecule has 0 aromatic carbocycles. The minimum absolute atomic E-state index is 0.0166. The Morgan fingerprint density at radius 2 is 2.24 bits per heavy atom. The summed E-state index contributed by atoms with van der Waals surface area (Å²) in [7, 11) is 1.61. The lowest BCUT2D eigenvalue weighted by Crippen LogP contribution is -2.30. The van der Waals surface area contributed by atoms with E-state index in [2.05, 4.69) is 10.4 Å². The Labute approximate surface area is 95.0 Å². The number of anilines is 2. The maximum atomic E-state index is 12.1. The zero-order valence-corrected chi connectivity index (χ0v) is 9.06. The van der Waals surface area contributed by atoms with Gasteiger partial charge in [-0.3, -0.25) is 9.48 Å². The van der Waals surface area contributed by atoms with Crippen LogP contribution < -0.4 is 10.6 Å². The van der Waals surface area contributed by atoms with Gasteiger partial charge in [-0.2, -0.15) is 18.3 Å². The van der Waals surface area contributed by atoms with Crippen LogP contribution in [0.3, 0.4) is 0 Å². The van der Waals surface area contributed by atoms with Crippen molar-refractivity contribution in [2.75, 3.05) is 17.2 Å². The van der Waals surface area contributed by atoms with Crippen LogP contribution in [0.25, 0.3) is 0 Å².